The molecule has 0 aliphatic carbocycles. The van der Waals surface area contributed by atoms with Gasteiger partial charge in [0.15, 0.2) is 0 Å². The fraction of sp³-hybridized carbons (Fsp3) is 1.00. The van der Waals surface area contributed by atoms with Gasteiger partial charge in [0.2, 0.25) is 0 Å². The van der Waals surface area contributed by atoms with Gasteiger partial charge in [-0.2, -0.15) is 0 Å². The Balaban J connectivity index is 2.85. The van der Waals surface area contributed by atoms with Crippen molar-refractivity contribution in [2.75, 3.05) is 19.8 Å². The summed E-state index contributed by atoms with van der Waals surface area (Å²) in [6, 6.07) is 0.632. The van der Waals surface area contributed by atoms with E-state index >= 15 is 0 Å². The molecule has 0 aromatic heterocycles. The first-order chi connectivity index (χ1) is 6.77. The van der Waals surface area contributed by atoms with Gasteiger partial charge in [-0.25, -0.2) is 0 Å². The van der Waals surface area contributed by atoms with Crippen LogP contribution in [0.15, 0.2) is 0 Å². The predicted molar refractivity (Wildman–Crippen MR) is 62.7 cm³/mol. The second-order valence-corrected chi connectivity index (χ2v) is 4.07. The quantitative estimate of drug-likeness (QED) is 0.549. The number of hydrogen-bond acceptors (Lipinski definition) is 2. The molecular formula is C12H27NO. The van der Waals surface area contributed by atoms with E-state index in [0.717, 1.165) is 13.2 Å². The summed E-state index contributed by atoms with van der Waals surface area (Å²) in [4.78, 5) is 0. The van der Waals surface area contributed by atoms with Crippen LogP contribution in [0.5, 0.6) is 0 Å². The van der Waals surface area contributed by atoms with Gasteiger partial charge in [0.1, 0.15) is 0 Å². The molecule has 0 aromatic rings. The van der Waals surface area contributed by atoms with Crippen LogP contribution in [0.3, 0.4) is 0 Å². The number of hydrogen-bond donors (Lipinski definition) is 1. The van der Waals surface area contributed by atoms with E-state index in [1.807, 2.05) is 0 Å². The van der Waals surface area contributed by atoms with Crippen LogP contribution in [0.25, 0.3) is 0 Å². The van der Waals surface area contributed by atoms with E-state index in [-0.39, 0.29) is 0 Å². The van der Waals surface area contributed by atoms with Crippen molar-refractivity contribution in [3.8, 4) is 0 Å². The van der Waals surface area contributed by atoms with E-state index in [1.54, 1.807) is 0 Å². The largest absolute Gasteiger partial charge is 0.382 e. The van der Waals surface area contributed by atoms with E-state index in [9.17, 15) is 0 Å². The standard InChI is InChI=1S/C12H27NO/c1-4-14-11-9-7-5-6-8-10-13-12(2)3/h12-13H,4-11H2,1-3H3. The smallest absolute Gasteiger partial charge is 0.0465 e. The molecule has 0 saturated heterocycles. The summed E-state index contributed by atoms with van der Waals surface area (Å²) in [5.41, 5.74) is 0. The number of ether oxygens (including phenoxy) is 1. The van der Waals surface area contributed by atoms with Gasteiger partial charge < -0.3 is 10.1 Å². The maximum Gasteiger partial charge on any atom is 0.0465 e. The third-order valence-electron chi connectivity index (χ3n) is 2.22. The average Bonchev–Trinajstić information content (AvgIpc) is 2.15. The molecule has 0 aromatic carbocycles. The molecule has 0 unspecified atom stereocenters. The van der Waals surface area contributed by atoms with Crippen molar-refractivity contribution in [1.29, 1.82) is 0 Å². The van der Waals surface area contributed by atoms with Crippen molar-refractivity contribution in [2.24, 2.45) is 0 Å². The monoisotopic (exact) mass is 201 g/mol. The first-order valence-corrected chi connectivity index (χ1v) is 6.08. The first kappa shape index (κ1) is 13.9. The van der Waals surface area contributed by atoms with Crippen molar-refractivity contribution in [3.63, 3.8) is 0 Å². The molecule has 0 aliphatic rings. The highest BCUT2D eigenvalue weighted by atomic mass is 16.5. The second kappa shape index (κ2) is 11.0. The van der Waals surface area contributed by atoms with Crippen molar-refractivity contribution in [2.45, 2.75) is 58.9 Å². The molecule has 2 heteroatoms. The summed E-state index contributed by atoms with van der Waals surface area (Å²) in [5, 5.41) is 3.43. The van der Waals surface area contributed by atoms with Gasteiger partial charge in [-0.15, -0.1) is 0 Å². The molecule has 1 N–H and O–H groups in total. The van der Waals surface area contributed by atoms with Gasteiger partial charge in [0.05, 0.1) is 0 Å². The SMILES string of the molecule is CCOCCCCCCCNC(C)C. The van der Waals surface area contributed by atoms with Crippen molar-refractivity contribution in [3.05, 3.63) is 0 Å². The molecule has 2 nitrogen and oxygen atoms in total. The van der Waals surface area contributed by atoms with Gasteiger partial charge >= 0.3 is 0 Å². The molecular weight excluding hydrogens is 174 g/mol. The van der Waals surface area contributed by atoms with Gasteiger partial charge in [0, 0.05) is 19.3 Å². The van der Waals surface area contributed by atoms with Crippen molar-refractivity contribution in [1.82, 2.24) is 5.32 Å². The van der Waals surface area contributed by atoms with Crippen LogP contribution >= 0.6 is 0 Å². The van der Waals surface area contributed by atoms with Gasteiger partial charge in [0.25, 0.3) is 0 Å². The Morgan fingerprint density at radius 2 is 1.64 bits per heavy atom. The van der Waals surface area contributed by atoms with Crippen LogP contribution < -0.4 is 5.32 Å². The summed E-state index contributed by atoms with van der Waals surface area (Å²) in [6.07, 6.45) is 6.57. The number of rotatable bonds is 10. The Bertz CT molecular complexity index is 104. The summed E-state index contributed by atoms with van der Waals surface area (Å²) >= 11 is 0. The Kier molecular flexibility index (Phi) is 10.9. The van der Waals surface area contributed by atoms with Crippen LogP contribution in [0.4, 0.5) is 0 Å². The van der Waals surface area contributed by atoms with Crippen LogP contribution in [-0.2, 0) is 4.74 Å². The van der Waals surface area contributed by atoms with Gasteiger partial charge in [-0.1, -0.05) is 33.1 Å². The molecule has 86 valence electrons. The molecule has 0 spiro atoms. The minimum Gasteiger partial charge on any atom is -0.382 e. The van der Waals surface area contributed by atoms with E-state index < -0.39 is 0 Å². The van der Waals surface area contributed by atoms with Gasteiger partial charge in [-0.3, -0.25) is 0 Å². The zero-order chi connectivity index (χ0) is 10.6. The van der Waals surface area contributed by atoms with Crippen LogP contribution in [0.1, 0.15) is 52.9 Å². The zero-order valence-electron chi connectivity index (χ0n) is 10.1. The molecule has 0 rings (SSSR count). The molecule has 0 saturated carbocycles. The predicted octanol–water partition coefficient (Wildman–Crippen LogP) is 2.97. The van der Waals surface area contributed by atoms with E-state index in [0.29, 0.717) is 6.04 Å². The molecule has 14 heavy (non-hydrogen) atoms. The maximum atomic E-state index is 5.28. The van der Waals surface area contributed by atoms with Crippen molar-refractivity contribution < 1.29 is 4.74 Å². The van der Waals surface area contributed by atoms with Crippen LogP contribution in [-0.4, -0.2) is 25.8 Å². The molecule has 0 radical (unpaired) electrons. The van der Waals surface area contributed by atoms with E-state index in [2.05, 4.69) is 26.1 Å². The average molecular weight is 201 g/mol. The fourth-order valence-corrected chi connectivity index (χ4v) is 1.39. The second-order valence-electron chi connectivity index (χ2n) is 4.07. The Morgan fingerprint density at radius 1 is 1.00 bits per heavy atom. The molecule has 0 fully saturated rings. The molecule has 0 bridgehead atoms. The fourth-order valence-electron chi connectivity index (χ4n) is 1.39. The van der Waals surface area contributed by atoms with E-state index in [1.165, 1.54) is 38.6 Å². The minimum absolute atomic E-state index is 0.632. The minimum atomic E-state index is 0.632. The normalized spacial score (nSPS) is 11.1. The molecule has 0 aliphatic heterocycles. The first-order valence-electron chi connectivity index (χ1n) is 6.08. The topological polar surface area (TPSA) is 21.3 Å². The molecule has 0 amide bonds. The Hall–Kier alpha value is -0.0800. The lowest BCUT2D eigenvalue weighted by atomic mass is 10.1. The Labute approximate surface area is 89.4 Å². The summed E-state index contributed by atoms with van der Waals surface area (Å²) < 4.78 is 5.28. The number of unbranched alkanes of at least 4 members (excludes halogenated alkanes) is 4. The lowest BCUT2D eigenvalue weighted by molar-refractivity contribution is 0.143. The summed E-state index contributed by atoms with van der Waals surface area (Å²) in [5.74, 6) is 0. The highest BCUT2D eigenvalue weighted by Crippen LogP contribution is 2.02. The third-order valence-corrected chi connectivity index (χ3v) is 2.22. The summed E-state index contributed by atoms with van der Waals surface area (Å²) in [7, 11) is 0. The number of nitrogens with one attached hydrogen (secondary N) is 1. The highest BCUT2D eigenvalue weighted by Gasteiger charge is 1.93. The molecule has 0 atom stereocenters. The van der Waals surface area contributed by atoms with E-state index in [4.69, 9.17) is 4.74 Å². The zero-order valence-corrected chi connectivity index (χ0v) is 10.1. The molecule has 0 heterocycles. The summed E-state index contributed by atoms with van der Waals surface area (Å²) in [6.45, 7) is 9.42. The highest BCUT2D eigenvalue weighted by molar-refractivity contribution is 4.53. The van der Waals surface area contributed by atoms with Crippen LogP contribution in [0.2, 0.25) is 0 Å². The lowest BCUT2D eigenvalue weighted by Crippen LogP contribution is -2.23. The maximum absolute atomic E-state index is 5.28. The third kappa shape index (κ3) is 11.9. The van der Waals surface area contributed by atoms with Crippen molar-refractivity contribution >= 4 is 0 Å². The van der Waals surface area contributed by atoms with Gasteiger partial charge in [-0.05, 0) is 26.3 Å². The Morgan fingerprint density at radius 3 is 2.29 bits per heavy atom. The lowest BCUT2D eigenvalue weighted by Gasteiger charge is -2.07. The van der Waals surface area contributed by atoms with Crippen LogP contribution in [0, 0.1) is 0 Å².